The molecule has 0 saturated heterocycles. The van der Waals surface area contributed by atoms with Crippen molar-refractivity contribution in [1.29, 1.82) is 0 Å². The Morgan fingerprint density at radius 3 is 2.43 bits per heavy atom. The van der Waals surface area contributed by atoms with Crippen molar-refractivity contribution >= 4 is 5.91 Å². The SMILES string of the molecule is COc1cccc(C(CNC(=O)c2cccc(OC)c2OC(F)F)N(C)C)c1. The molecule has 0 fully saturated rings. The molecular weight excluding hydrogens is 370 g/mol. The van der Waals surface area contributed by atoms with Crippen LogP contribution >= 0.6 is 0 Å². The van der Waals surface area contributed by atoms with Crippen molar-refractivity contribution in [3.05, 3.63) is 53.6 Å². The number of hydrogen-bond donors (Lipinski definition) is 1. The van der Waals surface area contributed by atoms with Gasteiger partial charge >= 0.3 is 6.61 Å². The fraction of sp³-hybridized carbons (Fsp3) is 0.350. The second-order valence-corrected chi connectivity index (χ2v) is 6.18. The summed E-state index contributed by atoms with van der Waals surface area (Å²) < 4.78 is 40.3. The van der Waals surface area contributed by atoms with E-state index in [0.717, 1.165) is 5.56 Å². The normalized spacial score (nSPS) is 12.0. The van der Waals surface area contributed by atoms with Crippen molar-refractivity contribution in [2.24, 2.45) is 0 Å². The van der Waals surface area contributed by atoms with Gasteiger partial charge in [0.1, 0.15) is 5.75 Å². The van der Waals surface area contributed by atoms with Crippen molar-refractivity contribution in [2.45, 2.75) is 12.7 Å². The number of ether oxygens (including phenoxy) is 3. The van der Waals surface area contributed by atoms with Crippen LogP contribution in [0.15, 0.2) is 42.5 Å². The first kappa shape index (κ1) is 21.4. The molecule has 0 saturated carbocycles. The maximum Gasteiger partial charge on any atom is 0.387 e. The molecule has 0 spiro atoms. The molecule has 0 aliphatic rings. The Labute approximate surface area is 163 Å². The van der Waals surface area contributed by atoms with Gasteiger partial charge in [0.05, 0.1) is 25.8 Å². The second-order valence-electron chi connectivity index (χ2n) is 6.18. The zero-order chi connectivity index (χ0) is 20.7. The molecule has 2 rings (SSSR count). The lowest BCUT2D eigenvalue weighted by Gasteiger charge is -2.25. The summed E-state index contributed by atoms with van der Waals surface area (Å²) >= 11 is 0. The highest BCUT2D eigenvalue weighted by Gasteiger charge is 2.22. The number of carbonyl (C=O) groups is 1. The van der Waals surface area contributed by atoms with Crippen molar-refractivity contribution in [3.8, 4) is 17.2 Å². The lowest BCUT2D eigenvalue weighted by atomic mass is 10.1. The van der Waals surface area contributed by atoms with E-state index in [4.69, 9.17) is 9.47 Å². The van der Waals surface area contributed by atoms with Gasteiger partial charge in [-0.3, -0.25) is 4.79 Å². The zero-order valence-corrected chi connectivity index (χ0v) is 16.2. The molecule has 0 aromatic heterocycles. The number of methoxy groups -OCH3 is 2. The van der Waals surface area contributed by atoms with Gasteiger partial charge in [0.2, 0.25) is 0 Å². The smallest absolute Gasteiger partial charge is 0.387 e. The van der Waals surface area contributed by atoms with Gasteiger partial charge in [0, 0.05) is 6.54 Å². The number of nitrogens with zero attached hydrogens (tertiary/aromatic N) is 1. The summed E-state index contributed by atoms with van der Waals surface area (Å²) in [6, 6.07) is 11.8. The third-order valence-corrected chi connectivity index (χ3v) is 4.21. The van der Waals surface area contributed by atoms with Crippen LogP contribution in [0.3, 0.4) is 0 Å². The van der Waals surface area contributed by atoms with E-state index in [1.54, 1.807) is 7.11 Å². The largest absolute Gasteiger partial charge is 0.497 e. The number of para-hydroxylation sites is 1. The lowest BCUT2D eigenvalue weighted by Crippen LogP contribution is -2.34. The molecule has 152 valence electrons. The topological polar surface area (TPSA) is 60.0 Å². The van der Waals surface area contributed by atoms with Crippen molar-refractivity contribution in [3.63, 3.8) is 0 Å². The summed E-state index contributed by atoms with van der Waals surface area (Å²) in [7, 11) is 6.67. The Kier molecular flexibility index (Phi) is 7.57. The first-order chi connectivity index (χ1) is 13.4. The molecule has 1 N–H and O–H groups in total. The van der Waals surface area contributed by atoms with Gasteiger partial charge in [0.15, 0.2) is 11.5 Å². The van der Waals surface area contributed by atoms with Crippen LogP contribution in [-0.4, -0.2) is 52.3 Å². The Morgan fingerprint density at radius 1 is 1.11 bits per heavy atom. The highest BCUT2D eigenvalue weighted by Crippen LogP contribution is 2.32. The summed E-state index contributed by atoms with van der Waals surface area (Å²) in [5, 5.41) is 2.78. The van der Waals surface area contributed by atoms with Crippen molar-refractivity contribution in [1.82, 2.24) is 10.2 Å². The van der Waals surface area contributed by atoms with Gasteiger partial charge in [-0.05, 0) is 43.9 Å². The number of carbonyl (C=O) groups excluding carboxylic acids is 1. The van der Waals surface area contributed by atoms with Crippen LogP contribution in [0.25, 0.3) is 0 Å². The fourth-order valence-electron chi connectivity index (χ4n) is 2.80. The number of amides is 1. The van der Waals surface area contributed by atoms with E-state index >= 15 is 0 Å². The van der Waals surface area contributed by atoms with Crippen LogP contribution in [0, 0.1) is 0 Å². The minimum atomic E-state index is -3.07. The molecular formula is C20H24F2N2O4. The molecule has 0 aliphatic carbocycles. The molecule has 0 bridgehead atoms. The third-order valence-electron chi connectivity index (χ3n) is 4.21. The van der Waals surface area contributed by atoms with Crippen LogP contribution in [0.4, 0.5) is 8.78 Å². The second kappa shape index (κ2) is 9.89. The molecule has 2 aromatic carbocycles. The van der Waals surface area contributed by atoms with E-state index in [1.165, 1.54) is 25.3 Å². The van der Waals surface area contributed by atoms with Crippen LogP contribution in [0.5, 0.6) is 17.2 Å². The zero-order valence-electron chi connectivity index (χ0n) is 16.2. The van der Waals surface area contributed by atoms with E-state index in [0.29, 0.717) is 5.75 Å². The molecule has 0 radical (unpaired) electrons. The van der Waals surface area contributed by atoms with Crippen LogP contribution in [0.2, 0.25) is 0 Å². The summed E-state index contributed by atoms with van der Waals surface area (Å²) in [6.07, 6.45) is 0. The van der Waals surface area contributed by atoms with Crippen LogP contribution < -0.4 is 19.5 Å². The molecule has 2 aromatic rings. The van der Waals surface area contributed by atoms with Gasteiger partial charge in [0.25, 0.3) is 5.91 Å². The maximum absolute atomic E-state index is 12.8. The van der Waals surface area contributed by atoms with E-state index in [2.05, 4.69) is 10.1 Å². The fourth-order valence-corrected chi connectivity index (χ4v) is 2.80. The van der Waals surface area contributed by atoms with Crippen molar-refractivity contribution in [2.75, 3.05) is 34.9 Å². The quantitative estimate of drug-likeness (QED) is 0.707. The molecule has 6 nitrogen and oxygen atoms in total. The van der Waals surface area contributed by atoms with Gasteiger partial charge in [-0.1, -0.05) is 18.2 Å². The summed E-state index contributed by atoms with van der Waals surface area (Å²) in [5.41, 5.74) is 0.919. The Bertz CT molecular complexity index is 800. The summed E-state index contributed by atoms with van der Waals surface area (Å²) in [4.78, 5) is 14.6. The first-order valence-electron chi connectivity index (χ1n) is 8.57. The minimum Gasteiger partial charge on any atom is -0.497 e. The first-order valence-corrected chi connectivity index (χ1v) is 8.57. The number of nitrogens with one attached hydrogen (secondary N) is 1. The van der Waals surface area contributed by atoms with Gasteiger partial charge in [-0.15, -0.1) is 0 Å². The predicted octanol–water partition coefficient (Wildman–Crippen LogP) is 3.34. The van der Waals surface area contributed by atoms with Gasteiger partial charge in [-0.2, -0.15) is 8.78 Å². The lowest BCUT2D eigenvalue weighted by molar-refractivity contribution is -0.0515. The third kappa shape index (κ3) is 5.32. The molecule has 28 heavy (non-hydrogen) atoms. The number of halogens is 2. The Balaban J connectivity index is 2.21. The van der Waals surface area contributed by atoms with E-state index in [-0.39, 0.29) is 29.6 Å². The number of benzene rings is 2. The number of hydrogen-bond acceptors (Lipinski definition) is 5. The summed E-state index contributed by atoms with van der Waals surface area (Å²) in [6.45, 7) is -2.82. The Hall–Kier alpha value is -2.87. The summed E-state index contributed by atoms with van der Waals surface area (Å²) in [5.74, 6) is -0.0643. The van der Waals surface area contributed by atoms with Gasteiger partial charge in [-0.25, -0.2) is 0 Å². The predicted molar refractivity (Wildman–Crippen MR) is 101 cm³/mol. The number of rotatable bonds is 9. The maximum atomic E-state index is 12.8. The monoisotopic (exact) mass is 394 g/mol. The van der Waals surface area contributed by atoms with Gasteiger partial charge < -0.3 is 24.4 Å². The van der Waals surface area contributed by atoms with Crippen LogP contribution in [0.1, 0.15) is 22.0 Å². The van der Waals surface area contributed by atoms with Crippen molar-refractivity contribution < 1.29 is 27.8 Å². The molecule has 1 atom stereocenters. The van der Waals surface area contributed by atoms with Crippen LogP contribution in [-0.2, 0) is 0 Å². The molecule has 1 amide bonds. The molecule has 1 unspecified atom stereocenters. The average molecular weight is 394 g/mol. The molecule has 0 aliphatic heterocycles. The average Bonchev–Trinajstić information content (AvgIpc) is 2.67. The Morgan fingerprint density at radius 2 is 1.82 bits per heavy atom. The number of alkyl halides is 2. The van der Waals surface area contributed by atoms with E-state index in [1.807, 2.05) is 43.3 Å². The van der Waals surface area contributed by atoms with E-state index in [9.17, 15) is 13.6 Å². The highest BCUT2D eigenvalue weighted by molar-refractivity contribution is 5.97. The van der Waals surface area contributed by atoms with E-state index < -0.39 is 12.5 Å². The minimum absolute atomic E-state index is 0.0252. The molecule has 0 heterocycles. The standard InChI is InChI=1S/C20H24F2N2O4/c1-24(2)16(13-7-5-8-14(11-13)26-3)12-23-19(25)15-9-6-10-17(27-4)18(15)28-20(21)22/h5-11,16,20H,12H2,1-4H3,(H,23,25). The number of likely N-dealkylation sites (N-methyl/N-ethyl adjacent to an activating group) is 1. The molecule has 8 heteroatoms. The highest BCUT2D eigenvalue weighted by atomic mass is 19.3.